The molecule has 1 unspecified atom stereocenters. The van der Waals surface area contributed by atoms with Crippen molar-refractivity contribution in [3.63, 3.8) is 0 Å². The average Bonchev–Trinajstić information content (AvgIpc) is 2.11. The maximum atomic E-state index is 3.87. The average molecular weight is 157 g/mol. The van der Waals surface area contributed by atoms with E-state index in [0.29, 0.717) is 11.5 Å². The zero-order valence-corrected chi connectivity index (χ0v) is 7.72. The van der Waals surface area contributed by atoms with Crippen LogP contribution in [0.4, 0.5) is 0 Å². The Hall–Kier alpha value is -0.110. The van der Waals surface area contributed by atoms with Crippen LogP contribution in [0, 0.1) is 5.41 Å². The number of rotatable bonds is 0. The van der Waals surface area contributed by atoms with Crippen LogP contribution in [0.25, 0.3) is 0 Å². The van der Waals surface area contributed by atoms with E-state index in [1.54, 1.807) is 0 Å². The van der Waals surface area contributed by atoms with Crippen LogP contribution >= 0.6 is 11.8 Å². The van der Waals surface area contributed by atoms with E-state index < -0.39 is 0 Å². The molecule has 10 heavy (non-hydrogen) atoms. The lowest BCUT2D eigenvalue weighted by atomic mass is 9.88. The Balaban J connectivity index is 2.53. The van der Waals surface area contributed by atoms with Gasteiger partial charge in [-0.3, -0.25) is 0 Å². The molecule has 0 aliphatic carbocycles. The van der Waals surface area contributed by atoms with E-state index in [9.17, 15) is 0 Å². The van der Waals surface area contributed by atoms with E-state index >= 15 is 0 Å². The summed E-state index contributed by atoms with van der Waals surface area (Å²) < 4.78 is 0. The smallest absolute Gasteiger partial charge is 0.0611 e. The highest BCUT2D eigenvalue weighted by molar-refractivity contribution is 8.03. The molecular weight excluding hydrogens is 142 g/mol. The minimum absolute atomic E-state index is 0.367. The van der Waals surface area contributed by atoms with Crippen LogP contribution in [0.15, 0.2) is 11.6 Å². The summed E-state index contributed by atoms with van der Waals surface area (Å²) >= 11 is 1.83. The Labute approximate surface area is 67.3 Å². The molecule has 0 bridgehead atoms. The van der Waals surface area contributed by atoms with Gasteiger partial charge in [-0.05, 0) is 5.41 Å². The highest BCUT2D eigenvalue weighted by Crippen LogP contribution is 2.31. The molecule has 0 radical (unpaired) electrons. The lowest BCUT2D eigenvalue weighted by Gasteiger charge is -2.26. The van der Waals surface area contributed by atoms with Gasteiger partial charge in [0.2, 0.25) is 0 Å². The maximum Gasteiger partial charge on any atom is 0.0611 e. The Bertz CT molecular complexity index is 146. The molecule has 0 aromatic carbocycles. The number of hydrogen-bond donors (Lipinski definition) is 1. The molecule has 1 saturated heterocycles. The molecule has 1 nitrogen and oxygen atoms in total. The summed E-state index contributed by atoms with van der Waals surface area (Å²) in [6, 6.07) is 0.602. The van der Waals surface area contributed by atoms with Gasteiger partial charge >= 0.3 is 0 Å². The number of hydrogen-bond acceptors (Lipinski definition) is 2. The second-order valence-electron chi connectivity index (χ2n) is 3.80. The minimum atomic E-state index is 0.367. The molecule has 0 spiro atoms. The van der Waals surface area contributed by atoms with Gasteiger partial charge in [-0.15, -0.1) is 11.8 Å². The van der Waals surface area contributed by atoms with E-state index in [4.69, 9.17) is 0 Å². The SMILES string of the molecule is C=C1NC(C(C)(C)C)CS1. The first-order valence-corrected chi connectivity index (χ1v) is 4.57. The number of thioether (sulfide) groups is 1. The first-order valence-electron chi connectivity index (χ1n) is 3.58. The van der Waals surface area contributed by atoms with Gasteiger partial charge in [-0.1, -0.05) is 27.4 Å². The second kappa shape index (κ2) is 2.50. The van der Waals surface area contributed by atoms with Crippen molar-refractivity contribution in [1.29, 1.82) is 0 Å². The van der Waals surface area contributed by atoms with Crippen molar-refractivity contribution in [2.24, 2.45) is 5.41 Å². The molecule has 1 N–H and O–H groups in total. The first-order chi connectivity index (χ1) is 4.50. The molecule has 0 aromatic rings. The van der Waals surface area contributed by atoms with Gasteiger partial charge < -0.3 is 5.32 Å². The van der Waals surface area contributed by atoms with E-state index in [1.165, 1.54) is 5.75 Å². The largest absolute Gasteiger partial charge is 0.376 e. The summed E-state index contributed by atoms with van der Waals surface area (Å²) in [5, 5.41) is 4.49. The zero-order valence-electron chi connectivity index (χ0n) is 6.90. The fourth-order valence-corrected chi connectivity index (χ4v) is 2.10. The summed E-state index contributed by atoms with van der Waals surface area (Å²) in [6.45, 7) is 10.6. The lowest BCUT2D eigenvalue weighted by molar-refractivity contribution is 0.318. The third-order valence-corrected chi connectivity index (χ3v) is 2.77. The number of nitrogens with one attached hydrogen (secondary N) is 1. The van der Waals surface area contributed by atoms with Crippen LogP contribution in [-0.4, -0.2) is 11.8 Å². The fourth-order valence-electron chi connectivity index (χ4n) is 0.928. The van der Waals surface area contributed by atoms with Crippen LogP contribution in [-0.2, 0) is 0 Å². The normalized spacial score (nSPS) is 26.7. The topological polar surface area (TPSA) is 12.0 Å². The Morgan fingerprint density at radius 2 is 2.20 bits per heavy atom. The van der Waals surface area contributed by atoms with E-state index in [-0.39, 0.29) is 0 Å². The molecule has 1 rings (SSSR count). The highest BCUT2D eigenvalue weighted by Gasteiger charge is 2.28. The lowest BCUT2D eigenvalue weighted by Crippen LogP contribution is -2.36. The van der Waals surface area contributed by atoms with Crippen molar-refractivity contribution in [3.8, 4) is 0 Å². The van der Waals surface area contributed by atoms with Gasteiger partial charge in [0.25, 0.3) is 0 Å². The summed E-state index contributed by atoms with van der Waals surface area (Å²) in [6.07, 6.45) is 0. The molecular formula is C8H15NS. The minimum Gasteiger partial charge on any atom is -0.376 e. The van der Waals surface area contributed by atoms with Crippen molar-refractivity contribution in [2.75, 3.05) is 5.75 Å². The third kappa shape index (κ3) is 1.69. The zero-order chi connectivity index (χ0) is 7.78. The van der Waals surface area contributed by atoms with Gasteiger partial charge in [-0.25, -0.2) is 0 Å². The molecule has 1 fully saturated rings. The second-order valence-corrected chi connectivity index (χ2v) is 4.91. The van der Waals surface area contributed by atoms with Gasteiger partial charge in [0.1, 0.15) is 0 Å². The predicted molar refractivity (Wildman–Crippen MR) is 48.0 cm³/mol. The summed E-state index contributed by atoms with van der Waals surface area (Å²) in [5.41, 5.74) is 0.367. The van der Waals surface area contributed by atoms with Crippen molar-refractivity contribution >= 4 is 11.8 Å². The van der Waals surface area contributed by atoms with Crippen molar-refractivity contribution in [1.82, 2.24) is 5.32 Å². The standard InChI is InChI=1S/C8H15NS/c1-6-9-7(5-10-6)8(2,3)4/h7,9H,1,5H2,2-4H3. The van der Waals surface area contributed by atoms with Crippen molar-refractivity contribution < 1.29 is 0 Å². The van der Waals surface area contributed by atoms with Crippen LogP contribution in [0.2, 0.25) is 0 Å². The molecule has 0 amide bonds. The third-order valence-electron chi connectivity index (χ3n) is 1.80. The molecule has 0 aromatic heterocycles. The van der Waals surface area contributed by atoms with Gasteiger partial charge in [0.15, 0.2) is 0 Å². The molecule has 1 aliphatic heterocycles. The monoisotopic (exact) mass is 157 g/mol. The molecule has 1 heterocycles. The summed E-state index contributed by atoms with van der Waals surface area (Å²) in [5.74, 6) is 1.17. The Morgan fingerprint density at radius 1 is 1.60 bits per heavy atom. The van der Waals surface area contributed by atoms with E-state index in [1.807, 2.05) is 11.8 Å². The maximum absolute atomic E-state index is 3.87. The van der Waals surface area contributed by atoms with Gasteiger partial charge in [0, 0.05) is 11.8 Å². The molecule has 1 atom stereocenters. The predicted octanol–water partition coefficient (Wildman–Crippen LogP) is 2.21. The first kappa shape index (κ1) is 7.99. The molecule has 2 heteroatoms. The van der Waals surface area contributed by atoms with Crippen LogP contribution < -0.4 is 5.32 Å². The summed E-state index contributed by atoms with van der Waals surface area (Å²) in [7, 11) is 0. The van der Waals surface area contributed by atoms with Crippen LogP contribution in [0.1, 0.15) is 20.8 Å². The van der Waals surface area contributed by atoms with Gasteiger partial charge in [0.05, 0.1) is 5.03 Å². The van der Waals surface area contributed by atoms with Crippen LogP contribution in [0.3, 0.4) is 0 Å². The van der Waals surface area contributed by atoms with E-state index in [0.717, 1.165) is 5.03 Å². The van der Waals surface area contributed by atoms with Gasteiger partial charge in [-0.2, -0.15) is 0 Å². The van der Waals surface area contributed by atoms with Crippen molar-refractivity contribution in [2.45, 2.75) is 26.8 Å². The fraction of sp³-hybridized carbons (Fsp3) is 0.750. The van der Waals surface area contributed by atoms with Crippen molar-refractivity contribution in [3.05, 3.63) is 11.6 Å². The molecule has 0 saturated carbocycles. The molecule has 1 aliphatic rings. The Kier molecular flexibility index (Phi) is 1.99. The summed E-state index contributed by atoms with van der Waals surface area (Å²) in [4.78, 5) is 0. The highest BCUT2D eigenvalue weighted by atomic mass is 32.2. The van der Waals surface area contributed by atoms with Crippen LogP contribution in [0.5, 0.6) is 0 Å². The Morgan fingerprint density at radius 3 is 2.40 bits per heavy atom. The molecule has 58 valence electrons. The quantitative estimate of drug-likeness (QED) is 0.578. The van der Waals surface area contributed by atoms with E-state index in [2.05, 4.69) is 32.7 Å².